The summed E-state index contributed by atoms with van der Waals surface area (Å²) in [7, 11) is 0. The molecule has 0 spiro atoms. The largest absolute Gasteiger partial charge is 0.378 e. The van der Waals surface area contributed by atoms with Crippen LogP contribution in [-0.4, -0.2) is 65.2 Å². The number of benzene rings is 1. The number of nitrogens with one attached hydrogen (secondary N) is 1. The number of nitrogens with zero attached hydrogens (tertiary/aromatic N) is 3. The molecule has 4 rings (SSSR count). The van der Waals surface area contributed by atoms with Crippen LogP contribution in [0.15, 0.2) is 18.2 Å². The number of imidazole rings is 1. The molecule has 24 heavy (non-hydrogen) atoms. The molecule has 0 radical (unpaired) electrons. The summed E-state index contributed by atoms with van der Waals surface area (Å²) in [6, 6.07) is 6.47. The number of fused-ring (bicyclic) bond motifs is 1. The van der Waals surface area contributed by atoms with Crippen molar-refractivity contribution in [2.24, 2.45) is 0 Å². The highest BCUT2D eigenvalue weighted by molar-refractivity contribution is 5.76. The Kier molecular flexibility index (Phi) is 4.14. The Labute approximate surface area is 141 Å². The van der Waals surface area contributed by atoms with E-state index in [0.717, 1.165) is 42.8 Å². The maximum Gasteiger partial charge on any atom is 0.320 e. The summed E-state index contributed by atoms with van der Waals surface area (Å²) in [6.07, 6.45) is 1.93. The van der Waals surface area contributed by atoms with Crippen LogP contribution in [0.4, 0.5) is 4.79 Å². The van der Waals surface area contributed by atoms with Gasteiger partial charge in [0.1, 0.15) is 5.82 Å². The Bertz CT molecular complexity index is 728. The fourth-order valence-electron chi connectivity index (χ4n) is 3.64. The standard InChI is InChI=1S/C18H24N4O2/c1-13-2-3-15-16(12-13)20-17(19-15)14-4-6-21(7-5-14)18(23)22-8-10-24-11-9-22/h2-3,12,14H,4-11H2,1H3,(H,19,20). The van der Waals surface area contributed by atoms with Gasteiger partial charge in [-0.1, -0.05) is 6.07 Å². The normalized spacial score (nSPS) is 19.9. The molecule has 1 aromatic heterocycles. The molecule has 0 atom stereocenters. The Hall–Kier alpha value is -2.08. The molecular weight excluding hydrogens is 304 g/mol. The Balaban J connectivity index is 1.40. The lowest BCUT2D eigenvalue weighted by atomic mass is 9.96. The minimum Gasteiger partial charge on any atom is -0.378 e. The van der Waals surface area contributed by atoms with Crippen molar-refractivity contribution in [1.29, 1.82) is 0 Å². The van der Waals surface area contributed by atoms with Gasteiger partial charge in [0.15, 0.2) is 0 Å². The number of aromatic nitrogens is 2. The monoisotopic (exact) mass is 328 g/mol. The number of aromatic amines is 1. The third kappa shape index (κ3) is 2.98. The van der Waals surface area contributed by atoms with E-state index in [4.69, 9.17) is 9.72 Å². The molecule has 2 aliphatic rings. The third-order valence-electron chi connectivity index (χ3n) is 5.09. The van der Waals surface area contributed by atoms with Crippen LogP contribution >= 0.6 is 0 Å². The number of piperidine rings is 1. The molecule has 1 N–H and O–H groups in total. The molecule has 128 valence electrons. The number of H-pyrrole nitrogens is 1. The summed E-state index contributed by atoms with van der Waals surface area (Å²) in [5.74, 6) is 1.47. The minimum atomic E-state index is 0.164. The SMILES string of the molecule is Cc1ccc2nc(C3CCN(C(=O)N4CCOCC4)CC3)[nH]c2c1. The van der Waals surface area contributed by atoms with Crippen molar-refractivity contribution in [3.05, 3.63) is 29.6 Å². The Morgan fingerprint density at radius 3 is 2.62 bits per heavy atom. The van der Waals surface area contributed by atoms with Gasteiger partial charge in [-0.3, -0.25) is 0 Å². The number of urea groups is 1. The van der Waals surface area contributed by atoms with Crippen molar-refractivity contribution in [2.75, 3.05) is 39.4 Å². The molecule has 2 aromatic rings. The molecule has 0 bridgehead atoms. The van der Waals surface area contributed by atoms with E-state index in [9.17, 15) is 4.79 Å². The number of aryl methyl sites for hydroxylation is 1. The van der Waals surface area contributed by atoms with Crippen molar-refractivity contribution in [2.45, 2.75) is 25.7 Å². The predicted molar refractivity (Wildman–Crippen MR) is 92.2 cm³/mol. The second kappa shape index (κ2) is 6.43. The Morgan fingerprint density at radius 1 is 1.17 bits per heavy atom. The summed E-state index contributed by atoms with van der Waals surface area (Å²) in [5.41, 5.74) is 3.38. The molecule has 2 fully saturated rings. The molecule has 2 amide bonds. The zero-order chi connectivity index (χ0) is 16.5. The van der Waals surface area contributed by atoms with E-state index in [2.05, 4.69) is 30.1 Å². The number of hydrogen-bond acceptors (Lipinski definition) is 3. The van der Waals surface area contributed by atoms with Crippen LogP contribution in [0.1, 0.15) is 30.1 Å². The summed E-state index contributed by atoms with van der Waals surface area (Å²) < 4.78 is 5.32. The van der Waals surface area contributed by atoms with Crippen molar-refractivity contribution >= 4 is 17.1 Å². The highest BCUT2D eigenvalue weighted by Gasteiger charge is 2.29. The summed E-state index contributed by atoms with van der Waals surface area (Å²) in [6.45, 7) is 6.42. The first-order chi connectivity index (χ1) is 11.7. The van der Waals surface area contributed by atoms with Crippen LogP contribution in [0.2, 0.25) is 0 Å². The fourth-order valence-corrected chi connectivity index (χ4v) is 3.64. The lowest BCUT2D eigenvalue weighted by molar-refractivity contribution is 0.0411. The average Bonchev–Trinajstić information content (AvgIpc) is 3.05. The topological polar surface area (TPSA) is 61.5 Å². The zero-order valence-electron chi connectivity index (χ0n) is 14.1. The van der Waals surface area contributed by atoms with Crippen molar-refractivity contribution < 1.29 is 9.53 Å². The van der Waals surface area contributed by atoms with E-state index < -0.39 is 0 Å². The highest BCUT2D eigenvalue weighted by Crippen LogP contribution is 2.28. The van der Waals surface area contributed by atoms with Gasteiger partial charge in [-0.2, -0.15) is 0 Å². The quantitative estimate of drug-likeness (QED) is 0.875. The fraction of sp³-hybridized carbons (Fsp3) is 0.556. The van der Waals surface area contributed by atoms with Gasteiger partial charge in [-0.25, -0.2) is 9.78 Å². The molecular formula is C18H24N4O2. The van der Waals surface area contributed by atoms with Crippen LogP contribution in [0.25, 0.3) is 11.0 Å². The predicted octanol–water partition coefficient (Wildman–Crippen LogP) is 2.50. The third-order valence-corrected chi connectivity index (χ3v) is 5.09. The molecule has 6 nitrogen and oxygen atoms in total. The van der Waals surface area contributed by atoms with Gasteiger partial charge in [0.2, 0.25) is 0 Å². The minimum absolute atomic E-state index is 0.164. The van der Waals surface area contributed by atoms with Crippen molar-refractivity contribution in [1.82, 2.24) is 19.8 Å². The van der Waals surface area contributed by atoms with E-state index in [1.54, 1.807) is 0 Å². The number of hydrogen-bond donors (Lipinski definition) is 1. The van der Waals surface area contributed by atoms with Crippen molar-refractivity contribution in [3.8, 4) is 0 Å². The van der Waals surface area contributed by atoms with E-state index >= 15 is 0 Å². The summed E-state index contributed by atoms with van der Waals surface area (Å²) in [4.78, 5) is 24.7. The molecule has 2 saturated heterocycles. The molecule has 0 aliphatic carbocycles. The van der Waals surface area contributed by atoms with Gasteiger partial charge in [0.05, 0.1) is 24.2 Å². The first-order valence-electron chi connectivity index (χ1n) is 8.78. The van der Waals surface area contributed by atoms with Gasteiger partial charge in [0, 0.05) is 32.1 Å². The van der Waals surface area contributed by atoms with Crippen LogP contribution in [0.5, 0.6) is 0 Å². The van der Waals surface area contributed by atoms with Gasteiger partial charge < -0.3 is 19.5 Å². The average molecular weight is 328 g/mol. The molecule has 2 aliphatic heterocycles. The van der Waals surface area contributed by atoms with E-state index in [1.807, 2.05) is 9.80 Å². The number of likely N-dealkylation sites (tertiary alicyclic amines) is 1. The number of ether oxygens (including phenoxy) is 1. The van der Waals surface area contributed by atoms with Crippen LogP contribution in [0.3, 0.4) is 0 Å². The Morgan fingerprint density at radius 2 is 1.88 bits per heavy atom. The van der Waals surface area contributed by atoms with Gasteiger partial charge in [-0.15, -0.1) is 0 Å². The lowest BCUT2D eigenvalue weighted by Gasteiger charge is -2.36. The number of rotatable bonds is 1. The van der Waals surface area contributed by atoms with Crippen LogP contribution < -0.4 is 0 Å². The molecule has 3 heterocycles. The number of amides is 2. The highest BCUT2D eigenvalue weighted by atomic mass is 16.5. The van der Waals surface area contributed by atoms with E-state index in [0.29, 0.717) is 32.2 Å². The van der Waals surface area contributed by atoms with E-state index in [-0.39, 0.29) is 6.03 Å². The smallest absolute Gasteiger partial charge is 0.320 e. The maximum absolute atomic E-state index is 12.5. The first kappa shape index (κ1) is 15.4. The molecule has 1 aromatic carbocycles. The number of carbonyl (C=O) groups excluding carboxylic acids is 1. The number of carbonyl (C=O) groups is 1. The summed E-state index contributed by atoms with van der Waals surface area (Å²) >= 11 is 0. The zero-order valence-corrected chi connectivity index (χ0v) is 14.1. The molecule has 0 unspecified atom stereocenters. The second-order valence-corrected chi connectivity index (χ2v) is 6.79. The van der Waals surface area contributed by atoms with Gasteiger partial charge in [0.25, 0.3) is 0 Å². The number of morpholine rings is 1. The maximum atomic E-state index is 12.5. The van der Waals surface area contributed by atoms with Gasteiger partial charge >= 0.3 is 6.03 Å². The van der Waals surface area contributed by atoms with Gasteiger partial charge in [-0.05, 0) is 37.5 Å². The first-order valence-corrected chi connectivity index (χ1v) is 8.78. The molecule has 6 heteroatoms. The lowest BCUT2D eigenvalue weighted by Crippen LogP contribution is -2.50. The second-order valence-electron chi connectivity index (χ2n) is 6.79. The van der Waals surface area contributed by atoms with Crippen molar-refractivity contribution in [3.63, 3.8) is 0 Å². The van der Waals surface area contributed by atoms with Crippen LogP contribution in [-0.2, 0) is 4.74 Å². The summed E-state index contributed by atoms with van der Waals surface area (Å²) in [5, 5.41) is 0. The van der Waals surface area contributed by atoms with Crippen LogP contribution in [0, 0.1) is 6.92 Å². The van der Waals surface area contributed by atoms with E-state index in [1.165, 1.54) is 5.56 Å². The molecule has 0 saturated carbocycles.